The van der Waals surface area contributed by atoms with Gasteiger partial charge in [-0.3, -0.25) is 4.79 Å². The molecule has 0 aromatic heterocycles. The van der Waals surface area contributed by atoms with Gasteiger partial charge in [0.1, 0.15) is 48.8 Å². The van der Waals surface area contributed by atoms with Gasteiger partial charge in [0.25, 0.3) is 11.8 Å². The molecule has 26 nitrogen and oxygen atoms in total. The highest BCUT2D eigenvalue weighted by atomic mass is 16.9. The number of carbonyl (C=O) groups excluding carboxylic acids is 1. The van der Waals surface area contributed by atoms with Crippen molar-refractivity contribution in [2.75, 3.05) is 49.5 Å². The molecule has 35 atom stereocenters. The Morgan fingerprint density at radius 1 is 0.583 bits per heavy atom. The lowest BCUT2D eigenvalue weighted by Crippen LogP contribution is -2.62. The lowest BCUT2D eigenvalue weighted by Gasteiger charge is -2.59. The fourth-order valence-electron chi connectivity index (χ4n) is 19.1. The van der Waals surface area contributed by atoms with Gasteiger partial charge in [-0.25, -0.2) is 0 Å². The molecule has 548 valence electrons. The van der Waals surface area contributed by atoms with Gasteiger partial charge in [0.05, 0.1) is 105 Å². The molecule has 3 N–H and O–H groups in total. The summed E-state index contributed by atoms with van der Waals surface area (Å²) < 4.78 is 139. The van der Waals surface area contributed by atoms with E-state index >= 15 is 0 Å². The van der Waals surface area contributed by atoms with Crippen LogP contribution >= 0.6 is 0 Å². The molecule has 12 aliphatic rings. The molecule has 0 bridgehead atoms. The summed E-state index contributed by atoms with van der Waals surface area (Å²) in [6.45, 7) is 19.7. The maximum absolute atomic E-state index is 13.1. The molecule has 35 unspecified atom stereocenters. The van der Waals surface area contributed by atoms with Gasteiger partial charge in [-0.2, -0.15) is 0 Å². The van der Waals surface area contributed by atoms with Crippen molar-refractivity contribution in [2.45, 2.75) is 336 Å². The minimum absolute atomic E-state index is 0.0171. The Morgan fingerprint density at radius 2 is 1.17 bits per heavy atom. The molecule has 1 spiro atoms. The maximum Gasteiger partial charge on any atom is 0.288 e. The summed E-state index contributed by atoms with van der Waals surface area (Å²) >= 11 is 0. The average Bonchev–Trinajstić information content (AvgIpc) is 1.45. The van der Waals surface area contributed by atoms with E-state index in [0.717, 1.165) is 44.9 Å². The lowest BCUT2D eigenvalue weighted by atomic mass is 9.46. The third-order valence-corrected chi connectivity index (χ3v) is 24.5. The summed E-state index contributed by atoms with van der Waals surface area (Å²) in [5.41, 5.74) is -0.00329. The van der Waals surface area contributed by atoms with Gasteiger partial charge in [0.2, 0.25) is 6.29 Å². The number of allylic oxidation sites excluding steroid dienone is 1. The highest BCUT2D eigenvalue weighted by Crippen LogP contribution is 2.68. The van der Waals surface area contributed by atoms with Crippen molar-refractivity contribution >= 4 is 5.78 Å². The number of aliphatic hydroxyl groups excluding tert-OH is 2. The monoisotopic (exact) mass is 1370 g/mol. The van der Waals surface area contributed by atoms with Crippen molar-refractivity contribution in [1.82, 2.24) is 0 Å². The molecule has 0 aromatic carbocycles. The van der Waals surface area contributed by atoms with E-state index < -0.39 is 171 Å². The standard InChI is InChI=1S/C70H112O26/c1-33-25-46(75-11)57(72)65(83-33)90-42-19-22-67(9)41(26-42)17-18-43-44(67)20-23-68(10)45(43)21-24-69(68,74)40(8)89-52-30-50-63(38(6)87-52)96-70(82-32-81-50)31-51(79-15)62(39(7)95-70)93-55-28-48(77-13)60(36(4)85-55)91-53-27-47(76-12)59(35(3)84-53)92-54-29-49(78-14)61(37(5)86-54)94-66-58(73)64(80-16)56(71)34(2)88-66/h17,25,33-40,42-45,47-56,58-66,71,73-74H,18-24,26-32H2,1-16H3. The van der Waals surface area contributed by atoms with Crippen molar-refractivity contribution in [3.8, 4) is 0 Å². The van der Waals surface area contributed by atoms with Gasteiger partial charge in [-0.05, 0) is 136 Å². The Morgan fingerprint density at radius 3 is 1.76 bits per heavy atom. The van der Waals surface area contributed by atoms with Crippen LogP contribution < -0.4 is 0 Å². The number of methoxy groups -OCH3 is 6. The Bertz CT molecular complexity index is 2670. The van der Waals surface area contributed by atoms with Gasteiger partial charge in [-0.15, -0.1) is 0 Å². The molecule has 8 aliphatic heterocycles. The minimum Gasteiger partial charge on any atom is -0.493 e. The first kappa shape index (κ1) is 73.7. The van der Waals surface area contributed by atoms with Crippen LogP contribution in [0, 0.1) is 28.6 Å². The number of ketones is 1. The molecule has 96 heavy (non-hydrogen) atoms. The molecule has 0 aromatic rings. The molecular formula is C70H112O26. The number of ether oxygens (including phenoxy) is 22. The van der Waals surface area contributed by atoms with Crippen molar-refractivity contribution < 1.29 is 124 Å². The predicted molar refractivity (Wildman–Crippen MR) is 336 cm³/mol. The Hall–Kier alpha value is -2.01. The zero-order valence-electron chi connectivity index (χ0n) is 59.2. The van der Waals surface area contributed by atoms with Crippen LogP contribution in [0.5, 0.6) is 0 Å². The van der Waals surface area contributed by atoms with E-state index in [0.29, 0.717) is 55.6 Å². The Kier molecular flexibility index (Phi) is 23.0. The maximum atomic E-state index is 13.1. The third-order valence-electron chi connectivity index (χ3n) is 24.5. The van der Waals surface area contributed by atoms with Crippen LogP contribution in [0.15, 0.2) is 23.5 Å². The first-order valence-corrected chi connectivity index (χ1v) is 35.5. The molecule has 12 rings (SSSR count). The Balaban J connectivity index is 0.608. The molecule has 3 saturated carbocycles. The van der Waals surface area contributed by atoms with Gasteiger partial charge in [0.15, 0.2) is 44.0 Å². The minimum atomic E-state index is -1.55. The zero-order valence-corrected chi connectivity index (χ0v) is 59.2. The summed E-state index contributed by atoms with van der Waals surface area (Å²) in [5, 5.41) is 34.5. The molecule has 7 saturated heterocycles. The number of Topliss-reactive ketones (excluding diaryl/α,β-unsaturated/α-hetero) is 1. The summed E-state index contributed by atoms with van der Waals surface area (Å²) in [4.78, 5) is 13.1. The van der Waals surface area contributed by atoms with E-state index in [4.69, 9.17) is 104 Å². The van der Waals surface area contributed by atoms with E-state index in [9.17, 15) is 20.1 Å². The normalized spacial score (nSPS) is 51.8. The first-order valence-electron chi connectivity index (χ1n) is 35.5. The fourth-order valence-corrected chi connectivity index (χ4v) is 19.1. The van der Waals surface area contributed by atoms with E-state index in [-0.39, 0.29) is 42.0 Å². The van der Waals surface area contributed by atoms with Crippen LogP contribution in [-0.2, 0) is 109 Å². The lowest BCUT2D eigenvalue weighted by molar-refractivity contribution is -0.447. The number of hydrogen-bond acceptors (Lipinski definition) is 26. The number of carbonyl (C=O) groups is 1. The number of fused-ring (bicyclic) bond motifs is 6. The van der Waals surface area contributed by atoms with Crippen molar-refractivity contribution in [1.29, 1.82) is 0 Å². The quantitative estimate of drug-likeness (QED) is 0.122. The van der Waals surface area contributed by atoms with E-state index in [1.165, 1.54) is 19.8 Å². The van der Waals surface area contributed by atoms with E-state index in [2.05, 4.69) is 19.9 Å². The van der Waals surface area contributed by atoms with Crippen LogP contribution in [0.25, 0.3) is 0 Å². The van der Waals surface area contributed by atoms with Crippen LogP contribution in [-0.4, -0.2) is 254 Å². The molecule has 0 amide bonds. The fraction of sp³-hybridized carbons (Fsp3) is 0.929. The smallest absolute Gasteiger partial charge is 0.288 e. The summed E-state index contributed by atoms with van der Waals surface area (Å²) in [5.74, 6) is -0.289. The van der Waals surface area contributed by atoms with Gasteiger partial charge < -0.3 is 120 Å². The van der Waals surface area contributed by atoms with Gasteiger partial charge in [-0.1, -0.05) is 25.5 Å². The van der Waals surface area contributed by atoms with Crippen molar-refractivity contribution in [3.05, 3.63) is 23.5 Å². The largest absolute Gasteiger partial charge is 0.493 e. The van der Waals surface area contributed by atoms with Crippen LogP contribution in [0.2, 0.25) is 0 Å². The van der Waals surface area contributed by atoms with Gasteiger partial charge >= 0.3 is 0 Å². The van der Waals surface area contributed by atoms with Crippen LogP contribution in [0.1, 0.15) is 153 Å². The third kappa shape index (κ3) is 14.2. The zero-order chi connectivity index (χ0) is 68.5. The number of rotatable bonds is 19. The SMILES string of the molecule is COC1=CC(C)OC(OC2CCC3(C)C(=CCC4C3CCC3(C)C4CCC3(O)C(C)OC3CC4OCOC5(CC(OC)C(OC6CC(OC)C(OC7CC(OC)C(OC8CC(OC)C(OC9OC(C)C(O)C(OC)C9O)C(C)O8)C(C)O7)C(C)O6)C(C)O5)OC4C(C)O3)C2)C1=O. The summed E-state index contributed by atoms with van der Waals surface area (Å²) in [6, 6.07) is 0. The second-order valence-corrected chi connectivity index (χ2v) is 29.9. The van der Waals surface area contributed by atoms with E-state index in [1.54, 1.807) is 41.4 Å². The molecule has 0 radical (unpaired) electrons. The van der Waals surface area contributed by atoms with Gasteiger partial charge in [0, 0.05) is 66.6 Å². The van der Waals surface area contributed by atoms with Crippen molar-refractivity contribution in [3.63, 3.8) is 0 Å². The molecule has 4 aliphatic carbocycles. The topological polar surface area (TPSA) is 281 Å². The van der Waals surface area contributed by atoms with Crippen LogP contribution in [0.3, 0.4) is 0 Å². The Labute approximate surface area is 566 Å². The molecular weight excluding hydrogens is 1260 g/mol. The van der Waals surface area contributed by atoms with Crippen LogP contribution in [0.4, 0.5) is 0 Å². The molecule has 8 heterocycles. The number of aliphatic hydroxyl groups is 3. The number of hydrogen-bond donors (Lipinski definition) is 3. The summed E-state index contributed by atoms with van der Waals surface area (Å²) in [6.07, 6.45) is -4.94. The average molecular weight is 1370 g/mol. The van der Waals surface area contributed by atoms with E-state index in [1.807, 2.05) is 48.5 Å². The molecule has 26 heteroatoms. The second kappa shape index (κ2) is 30.0. The molecule has 10 fully saturated rings. The highest BCUT2D eigenvalue weighted by Gasteiger charge is 2.66. The summed E-state index contributed by atoms with van der Waals surface area (Å²) in [7, 11) is 9.40. The second-order valence-electron chi connectivity index (χ2n) is 29.9. The predicted octanol–water partition coefficient (Wildman–Crippen LogP) is 6.16. The highest BCUT2D eigenvalue weighted by molar-refractivity contribution is 5.96. The van der Waals surface area contributed by atoms with Crippen molar-refractivity contribution in [2.24, 2.45) is 28.6 Å². The first-order chi connectivity index (χ1) is 45.8.